The van der Waals surface area contributed by atoms with E-state index < -0.39 is 10.0 Å². The molecule has 0 aliphatic rings. The summed E-state index contributed by atoms with van der Waals surface area (Å²) in [6.45, 7) is 3.58. The van der Waals surface area contributed by atoms with Crippen molar-refractivity contribution in [3.63, 3.8) is 0 Å². The molecule has 1 heterocycles. The van der Waals surface area contributed by atoms with Gasteiger partial charge in [-0.25, -0.2) is 8.42 Å². The van der Waals surface area contributed by atoms with E-state index in [1.165, 1.54) is 11.3 Å². The minimum atomic E-state index is -3.36. The standard InChI is InChI=1S/C15H19N3O3S2/c1-3-7-23(20,21)18-14-6-4-5-13(11(14)2)17-15(19)8-12-9-16-10-22-12/h4-6,9-10,18H,3,7-8H2,1-2H3,(H,17,19). The summed E-state index contributed by atoms with van der Waals surface area (Å²) in [6, 6.07) is 5.14. The van der Waals surface area contributed by atoms with E-state index in [0.717, 1.165) is 4.88 Å². The van der Waals surface area contributed by atoms with Crippen LogP contribution in [0.25, 0.3) is 0 Å². The molecule has 0 spiro atoms. The number of hydrogen-bond donors (Lipinski definition) is 2. The van der Waals surface area contributed by atoms with Crippen molar-refractivity contribution in [3.05, 3.63) is 40.3 Å². The van der Waals surface area contributed by atoms with Crippen LogP contribution in [0, 0.1) is 6.92 Å². The monoisotopic (exact) mass is 353 g/mol. The number of amides is 1. The van der Waals surface area contributed by atoms with E-state index in [9.17, 15) is 13.2 Å². The van der Waals surface area contributed by atoms with Crippen LogP contribution in [0.5, 0.6) is 0 Å². The van der Waals surface area contributed by atoms with Crippen LogP contribution in [0.15, 0.2) is 29.9 Å². The number of rotatable bonds is 7. The first-order chi connectivity index (χ1) is 10.9. The van der Waals surface area contributed by atoms with E-state index in [0.29, 0.717) is 23.4 Å². The largest absolute Gasteiger partial charge is 0.325 e. The highest BCUT2D eigenvalue weighted by Gasteiger charge is 2.13. The van der Waals surface area contributed by atoms with Gasteiger partial charge in [0, 0.05) is 16.8 Å². The molecule has 0 aliphatic heterocycles. The molecular formula is C15H19N3O3S2. The average Bonchev–Trinajstić information content (AvgIpc) is 2.95. The van der Waals surface area contributed by atoms with Crippen LogP contribution < -0.4 is 10.0 Å². The first kappa shape index (κ1) is 17.4. The van der Waals surface area contributed by atoms with Crippen molar-refractivity contribution in [3.8, 4) is 0 Å². The second kappa shape index (κ2) is 7.56. The van der Waals surface area contributed by atoms with Gasteiger partial charge in [-0.3, -0.25) is 14.5 Å². The van der Waals surface area contributed by atoms with Gasteiger partial charge < -0.3 is 5.32 Å². The van der Waals surface area contributed by atoms with Gasteiger partial charge in [-0.2, -0.15) is 0 Å². The predicted octanol–water partition coefficient (Wildman–Crippen LogP) is 2.78. The Morgan fingerprint density at radius 3 is 2.70 bits per heavy atom. The number of thiazole rings is 1. The maximum absolute atomic E-state index is 12.1. The normalized spacial score (nSPS) is 11.2. The smallest absolute Gasteiger partial charge is 0.232 e. The maximum atomic E-state index is 12.1. The van der Waals surface area contributed by atoms with Crippen LogP contribution in [-0.2, 0) is 21.2 Å². The van der Waals surface area contributed by atoms with Gasteiger partial charge in [0.15, 0.2) is 0 Å². The first-order valence-electron chi connectivity index (χ1n) is 7.18. The highest BCUT2D eigenvalue weighted by Crippen LogP contribution is 2.24. The second-order valence-corrected chi connectivity index (χ2v) is 7.90. The Labute approximate surface area is 140 Å². The molecule has 0 fully saturated rings. The van der Waals surface area contributed by atoms with Crippen molar-refractivity contribution in [1.29, 1.82) is 0 Å². The number of carbonyl (C=O) groups excluding carboxylic acids is 1. The molecule has 2 aromatic rings. The summed E-state index contributed by atoms with van der Waals surface area (Å²) in [4.78, 5) is 16.9. The summed E-state index contributed by atoms with van der Waals surface area (Å²) in [5, 5.41) is 2.81. The van der Waals surface area contributed by atoms with Gasteiger partial charge in [0.1, 0.15) is 0 Å². The molecule has 0 aliphatic carbocycles. The molecule has 1 aromatic carbocycles. The van der Waals surface area contributed by atoms with Gasteiger partial charge in [0.2, 0.25) is 15.9 Å². The van der Waals surface area contributed by atoms with Crippen LogP contribution in [0.3, 0.4) is 0 Å². The van der Waals surface area contributed by atoms with Gasteiger partial charge in [0.25, 0.3) is 0 Å². The summed E-state index contributed by atoms with van der Waals surface area (Å²) in [7, 11) is -3.36. The fourth-order valence-corrected chi connectivity index (χ4v) is 3.84. The Morgan fingerprint density at radius 2 is 2.04 bits per heavy atom. The van der Waals surface area contributed by atoms with E-state index in [-0.39, 0.29) is 18.1 Å². The zero-order valence-electron chi connectivity index (χ0n) is 13.0. The second-order valence-electron chi connectivity index (χ2n) is 5.09. The third-order valence-electron chi connectivity index (χ3n) is 3.16. The van der Waals surface area contributed by atoms with Crippen LogP contribution in [0.4, 0.5) is 11.4 Å². The molecule has 0 bridgehead atoms. The number of hydrogen-bond acceptors (Lipinski definition) is 5. The predicted molar refractivity (Wildman–Crippen MR) is 93.3 cm³/mol. The number of nitrogens with one attached hydrogen (secondary N) is 2. The van der Waals surface area contributed by atoms with E-state index in [1.54, 1.807) is 36.8 Å². The quantitative estimate of drug-likeness (QED) is 0.801. The van der Waals surface area contributed by atoms with Crippen LogP contribution >= 0.6 is 11.3 Å². The van der Waals surface area contributed by atoms with Crippen molar-refractivity contribution < 1.29 is 13.2 Å². The van der Waals surface area contributed by atoms with Crippen LogP contribution in [-0.4, -0.2) is 25.1 Å². The molecule has 1 aromatic heterocycles. The fourth-order valence-electron chi connectivity index (χ4n) is 2.05. The third kappa shape index (κ3) is 5.04. The number of nitrogens with zero attached hydrogens (tertiary/aromatic N) is 1. The maximum Gasteiger partial charge on any atom is 0.232 e. The number of aromatic nitrogens is 1. The Kier molecular flexibility index (Phi) is 5.73. The molecule has 6 nitrogen and oxygen atoms in total. The minimum Gasteiger partial charge on any atom is -0.325 e. The molecule has 2 N–H and O–H groups in total. The molecule has 1 amide bonds. The molecule has 0 atom stereocenters. The number of carbonyl (C=O) groups is 1. The van der Waals surface area contributed by atoms with Crippen molar-refractivity contribution in [2.75, 3.05) is 15.8 Å². The summed E-state index contributed by atoms with van der Waals surface area (Å²) in [5.74, 6) is -0.0973. The van der Waals surface area contributed by atoms with Gasteiger partial charge in [-0.1, -0.05) is 13.0 Å². The summed E-state index contributed by atoms with van der Waals surface area (Å²) < 4.78 is 26.3. The minimum absolute atomic E-state index is 0.0639. The fraction of sp³-hybridized carbons (Fsp3) is 0.333. The van der Waals surface area contributed by atoms with E-state index >= 15 is 0 Å². The molecule has 0 saturated heterocycles. The van der Waals surface area contributed by atoms with Gasteiger partial charge in [-0.15, -0.1) is 11.3 Å². The highest BCUT2D eigenvalue weighted by atomic mass is 32.2. The first-order valence-corrected chi connectivity index (χ1v) is 9.72. The highest BCUT2D eigenvalue weighted by molar-refractivity contribution is 7.92. The lowest BCUT2D eigenvalue weighted by Crippen LogP contribution is -2.18. The Morgan fingerprint density at radius 1 is 1.30 bits per heavy atom. The summed E-state index contributed by atoms with van der Waals surface area (Å²) in [5.41, 5.74) is 3.44. The Balaban J connectivity index is 2.11. The third-order valence-corrected chi connectivity index (χ3v) is 5.42. The molecule has 8 heteroatoms. The van der Waals surface area contributed by atoms with Crippen molar-refractivity contribution in [2.24, 2.45) is 0 Å². The van der Waals surface area contributed by atoms with Crippen molar-refractivity contribution in [2.45, 2.75) is 26.7 Å². The average molecular weight is 353 g/mol. The SMILES string of the molecule is CCCS(=O)(=O)Nc1cccc(NC(=O)Cc2cncs2)c1C. The van der Waals surface area contributed by atoms with Crippen molar-refractivity contribution in [1.82, 2.24) is 4.98 Å². The lowest BCUT2D eigenvalue weighted by molar-refractivity contribution is -0.115. The molecule has 23 heavy (non-hydrogen) atoms. The molecule has 2 rings (SSSR count). The van der Waals surface area contributed by atoms with E-state index in [4.69, 9.17) is 0 Å². The molecular weight excluding hydrogens is 334 g/mol. The molecule has 0 radical (unpaired) electrons. The molecule has 0 unspecified atom stereocenters. The summed E-state index contributed by atoms with van der Waals surface area (Å²) >= 11 is 1.42. The lowest BCUT2D eigenvalue weighted by Gasteiger charge is -2.14. The van der Waals surface area contributed by atoms with Crippen molar-refractivity contribution >= 4 is 38.6 Å². The molecule has 0 saturated carbocycles. The van der Waals surface area contributed by atoms with E-state index in [2.05, 4.69) is 15.0 Å². The number of anilines is 2. The zero-order chi connectivity index (χ0) is 16.9. The Hall–Kier alpha value is -1.93. The molecule has 124 valence electrons. The van der Waals surface area contributed by atoms with Crippen LogP contribution in [0.2, 0.25) is 0 Å². The zero-order valence-corrected chi connectivity index (χ0v) is 14.6. The van der Waals surface area contributed by atoms with Crippen LogP contribution in [0.1, 0.15) is 23.8 Å². The summed E-state index contributed by atoms with van der Waals surface area (Å²) in [6.07, 6.45) is 2.45. The Bertz CT molecular complexity index is 771. The topological polar surface area (TPSA) is 88.2 Å². The van der Waals surface area contributed by atoms with Gasteiger partial charge in [-0.05, 0) is 31.0 Å². The number of benzene rings is 1. The van der Waals surface area contributed by atoms with Gasteiger partial charge >= 0.3 is 0 Å². The van der Waals surface area contributed by atoms with Gasteiger partial charge in [0.05, 0.1) is 23.4 Å². The van der Waals surface area contributed by atoms with E-state index in [1.807, 2.05) is 6.92 Å². The number of sulfonamides is 1. The lowest BCUT2D eigenvalue weighted by atomic mass is 10.1.